The van der Waals surface area contributed by atoms with E-state index in [2.05, 4.69) is 52.4 Å². The van der Waals surface area contributed by atoms with Crippen LogP contribution in [0.15, 0.2) is 28.7 Å². The summed E-state index contributed by atoms with van der Waals surface area (Å²) in [7, 11) is 0. The second-order valence-electron chi connectivity index (χ2n) is 4.86. The molecule has 0 amide bonds. The van der Waals surface area contributed by atoms with Gasteiger partial charge in [0.15, 0.2) is 0 Å². The van der Waals surface area contributed by atoms with Gasteiger partial charge in [-0.3, -0.25) is 0 Å². The molecule has 1 aromatic carbocycles. The van der Waals surface area contributed by atoms with Crippen LogP contribution in [0.3, 0.4) is 0 Å². The van der Waals surface area contributed by atoms with Gasteiger partial charge in [0.05, 0.1) is 0 Å². The van der Waals surface area contributed by atoms with E-state index < -0.39 is 0 Å². The minimum atomic E-state index is 0.712. The molecule has 2 heteroatoms. The van der Waals surface area contributed by atoms with E-state index >= 15 is 0 Å². The highest BCUT2D eigenvalue weighted by Gasteiger charge is 2.16. The molecule has 1 saturated heterocycles. The molecule has 1 aromatic rings. The molecule has 2 atom stereocenters. The van der Waals surface area contributed by atoms with Crippen LogP contribution in [0.2, 0.25) is 0 Å². The van der Waals surface area contributed by atoms with Gasteiger partial charge in [-0.15, -0.1) is 0 Å². The van der Waals surface area contributed by atoms with Gasteiger partial charge in [-0.25, -0.2) is 0 Å². The van der Waals surface area contributed by atoms with Crippen LogP contribution in [0, 0.1) is 0 Å². The lowest BCUT2D eigenvalue weighted by atomic mass is 9.95. The maximum Gasteiger partial charge on any atom is 0.0175 e. The number of nitrogens with one attached hydrogen (secondary N) is 1. The fourth-order valence-electron chi connectivity index (χ4n) is 2.46. The quantitative estimate of drug-likeness (QED) is 0.886. The molecule has 1 nitrogen and oxygen atoms in total. The number of halogens is 1. The van der Waals surface area contributed by atoms with Crippen molar-refractivity contribution in [3.05, 3.63) is 34.3 Å². The Labute approximate surface area is 107 Å². The van der Waals surface area contributed by atoms with Crippen LogP contribution in [-0.4, -0.2) is 12.1 Å². The summed E-state index contributed by atoms with van der Waals surface area (Å²) in [5.41, 5.74) is 1.45. The Morgan fingerprint density at radius 1 is 1.25 bits per heavy atom. The highest BCUT2D eigenvalue weighted by Crippen LogP contribution is 2.17. The fourth-order valence-corrected chi connectivity index (χ4v) is 2.72. The fraction of sp³-hybridized carbons (Fsp3) is 0.571. The summed E-state index contributed by atoms with van der Waals surface area (Å²) in [6, 6.07) is 10.1. The molecule has 0 aromatic heterocycles. The molecule has 1 fully saturated rings. The predicted molar refractivity (Wildman–Crippen MR) is 72.7 cm³/mol. The van der Waals surface area contributed by atoms with Gasteiger partial charge in [0.2, 0.25) is 0 Å². The van der Waals surface area contributed by atoms with Crippen molar-refractivity contribution >= 4 is 15.9 Å². The van der Waals surface area contributed by atoms with Gasteiger partial charge in [-0.1, -0.05) is 34.5 Å². The zero-order valence-corrected chi connectivity index (χ0v) is 11.5. The molecule has 0 spiro atoms. The monoisotopic (exact) mass is 281 g/mol. The van der Waals surface area contributed by atoms with Crippen LogP contribution in [-0.2, 0) is 6.42 Å². The maximum absolute atomic E-state index is 3.69. The first-order valence-corrected chi connectivity index (χ1v) is 7.04. The number of rotatable bonds is 3. The second kappa shape index (κ2) is 5.83. The Bertz CT molecular complexity index is 320. The maximum atomic E-state index is 3.69. The first-order valence-electron chi connectivity index (χ1n) is 6.24. The van der Waals surface area contributed by atoms with Crippen LogP contribution in [0.4, 0.5) is 0 Å². The summed E-state index contributed by atoms with van der Waals surface area (Å²) in [4.78, 5) is 0. The summed E-state index contributed by atoms with van der Waals surface area (Å²) in [6.45, 7) is 2.30. The van der Waals surface area contributed by atoms with Crippen molar-refractivity contribution in [3.8, 4) is 0 Å². The zero-order chi connectivity index (χ0) is 11.4. The largest absolute Gasteiger partial charge is 0.311 e. The molecule has 0 bridgehead atoms. The van der Waals surface area contributed by atoms with E-state index in [0.29, 0.717) is 6.04 Å². The Kier molecular flexibility index (Phi) is 4.42. The molecule has 2 rings (SSSR count). The van der Waals surface area contributed by atoms with Crippen LogP contribution in [0.25, 0.3) is 0 Å². The summed E-state index contributed by atoms with van der Waals surface area (Å²) in [6.07, 6.45) is 6.54. The molecule has 88 valence electrons. The molecule has 0 radical (unpaired) electrons. The highest BCUT2D eigenvalue weighted by atomic mass is 79.9. The Balaban J connectivity index is 1.80. The Morgan fingerprint density at radius 3 is 2.69 bits per heavy atom. The SMILES string of the molecule is CC1CCCC(CCc2ccc(Br)cc2)N1. The molecule has 0 aliphatic carbocycles. The molecule has 1 aliphatic heterocycles. The van der Waals surface area contributed by atoms with E-state index in [1.54, 1.807) is 0 Å². The average molecular weight is 282 g/mol. The van der Waals surface area contributed by atoms with Crippen molar-refractivity contribution in [1.29, 1.82) is 0 Å². The minimum Gasteiger partial charge on any atom is -0.311 e. The van der Waals surface area contributed by atoms with Gasteiger partial charge in [0.1, 0.15) is 0 Å². The number of hydrogen-bond acceptors (Lipinski definition) is 1. The van der Waals surface area contributed by atoms with E-state index in [9.17, 15) is 0 Å². The van der Waals surface area contributed by atoms with E-state index in [1.807, 2.05) is 0 Å². The molecule has 0 saturated carbocycles. The normalized spacial score (nSPS) is 25.6. The topological polar surface area (TPSA) is 12.0 Å². The third kappa shape index (κ3) is 3.60. The molecule has 1 heterocycles. The van der Waals surface area contributed by atoms with E-state index in [0.717, 1.165) is 6.04 Å². The molecule has 1 N–H and O–H groups in total. The summed E-state index contributed by atoms with van der Waals surface area (Å²) in [5.74, 6) is 0. The lowest BCUT2D eigenvalue weighted by Crippen LogP contribution is -2.40. The summed E-state index contributed by atoms with van der Waals surface area (Å²) in [5, 5.41) is 3.69. The van der Waals surface area contributed by atoms with Crippen LogP contribution in [0.1, 0.15) is 38.2 Å². The second-order valence-corrected chi connectivity index (χ2v) is 5.78. The smallest absolute Gasteiger partial charge is 0.0175 e. The first-order chi connectivity index (χ1) is 7.74. The van der Waals surface area contributed by atoms with Crippen LogP contribution in [0.5, 0.6) is 0 Å². The van der Waals surface area contributed by atoms with Crippen molar-refractivity contribution in [2.45, 2.75) is 51.1 Å². The van der Waals surface area contributed by atoms with Crippen LogP contribution >= 0.6 is 15.9 Å². The standard InChI is InChI=1S/C14H20BrN/c1-11-3-2-4-14(16-11)10-7-12-5-8-13(15)9-6-12/h5-6,8-9,11,14,16H,2-4,7,10H2,1H3. The number of hydrogen-bond donors (Lipinski definition) is 1. The van der Waals surface area contributed by atoms with Crippen molar-refractivity contribution < 1.29 is 0 Å². The minimum absolute atomic E-state index is 0.712. The van der Waals surface area contributed by atoms with Crippen molar-refractivity contribution in [2.75, 3.05) is 0 Å². The number of aryl methyl sites for hydroxylation is 1. The highest BCUT2D eigenvalue weighted by molar-refractivity contribution is 9.10. The Morgan fingerprint density at radius 2 is 2.00 bits per heavy atom. The Hall–Kier alpha value is -0.340. The molecular weight excluding hydrogens is 262 g/mol. The predicted octanol–water partition coefficient (Wildman–Crippen LogP) is 3.91. The third-order valence-corrected chi connectivity index (χ3v) is 3.93. The van der Waals surface area contributed by atoms with Crippen molar-refractivity contribution in [3.63, 3.8) is 0 Å². The van der Waals surface area contributed by atoms with Gasteiger partial charge in [0.25, 0.3) is 0 Å². The van der Waals surface area contributed by atoms with Gasteiger partial charge >= 0.3 is 0 Å². The van der Waals surface area contributed by atoms with Gasteiger partial charge in [-0.05, 0) is 50.3 Å². The number of benzene rings is 1. The van der Waals surface area contributed by atoms with E-state index in [1.165, 1.54) is 42.1 Å². The molecule has 16 heavy (non-hydrogen) atoms. The third-order valence-electron chi connectivity index (χ3n) is 3.40. The van der Waals surface area contributed by atoms with Gasteiger partial charge in [0, 0.05) is 16.6 Å². The van der Waals surface area contributed by atoms with Crippen molar-refractivity contribution in [1.82, 2.24) is 5.32 Å². The summed E-state index contributed by atoms with van der Waals surface area (Å²) >= 11 is 3.47. The zero-order valence-electron chi connectivity index (χ0n) is 9.88. The number of piperidine rings is 1. The van der Waals surface area contributed by atoms with Gasteiger partial charge < -0.3 is 5.32 Å². The van der Waals surface area contributed by atoms with E-state index in [4.69, 9.17) is 0 Å². The van der Waals surface area contributed by atoms with E-state index in [-0.39, 0.29) is 0 Å². The van der Waals surface area contributed by atoms with Crippen molar-refractivity contribution in [2.24, 2.45) is 0 Å². The average Bonchev–Trinajstić information content (AvgIpc) is 2.28. The summed E-state index contributed by atoms with van der Waals surface area (Å²) < 4.78 is 1.17. The lowest BCUT2D eigenvalue weighted by molar-refractivity contribution is 0.322. The lowest BCUT2D eigenvalue weighted by Gasteiger charge is -2.28. The first kappa shape index (κ1) is 12.1. The molecule has 1 aliphatic rings. The molecular formula is C14H20BrN. The molecule has 2 unspecified atom stereocenters. The van der Waals surface area contributed by atoms with Gasteiger partial charge in [-0.2, -0.15) is 0 Å². The van der Waals surface area contributed by atoms with Crippen LogP contribution < -0.4 is 5.32 Å².